The van der Waals surface area contributed by atoms with Crippen molar-refractivity contribution in [1.82, 2.24) is 5.32 Å². The van der Waals surface area contributed by atoms with Gasteiger partial charge in [-0.1, -0.05) is 5.73 Å². The van der Waals surface area contributed by atoms with Crippen LogP contribution in [0.5, 0.6) is 0 Å². The summed E-state index contributed by atoms with van der Waals surface area (Å²) in [5.74, 6) is 0.903. The minimum absolute atomic E-state index is 0.602. The van der Waals surface area contributed by atoms with Gasteiger partial charge in [-0.15, -0.1) is 0 Å². The lowest BCUT2D eigenvalue weighted by Gasteiger charge is -2.24. The zero-order valence-electron chi connectivity index (χ0n) is 26.9. The fourth-order valence-corrected chi connectivity index (χ4v) is 2.21. The van der Waals surface area contributed by atoms with E-state index in [0.29, 0.717) is 4.48 Å². The highest BCUT2D eigenvalue weighted by atomic mass is 28.1. The van der Waals surface area contributed by atoms with Crippen molar-refractivity contribution in [3.63, 3.8) is 0 Å². The molecule has 0 rings (SSSR count). The molecule has 2 nitrogen and oxygen atoms in total. The molecule has 49 heavy (non-hydrogen) atoms. The van der Waals surface area contributed by atoms with E-state index in [4.69, 9.17) is 0 Å². The molecular weight excluding hydrogens is 609 g/mol. The maximum Gasteiger partial charge on any atom is 0.254 e. The van der Waals surface area contributed by atoms with Gasteiger partial charge in [-0.2, -0.15) is 0 Å². The van der Waals surface area contributed by atoms with Crippen LogP contribution in [0.4, 0.5) is 0 Å². The summed E-state index contributed by atoms with van der Waals surface area (Å²) in [5, 5.41) is 3.28. The van der Waals surface area contributed by atoms with Crippen molar-refractivity contribution < 1.29 is 4.48 Å². The number of hydrogen-bond donors (Lipinski definition) is 1. The van der Waals surface area contributed by atoms with E-state index in [0.717, 1.165) is 22.2 Å². The summed E-state index contributed by atoms with van der Waals surface area (Å²) >= 11 is 0. The predicted octanol–water partition coefficient (Wildman–Crippen LogP) is 5.28. The van der Waals surface area contributed by atoms with Gasteiger partial charge in [-0.05, 0) is 98.3 Å². The Bertz CT molecular complexity index is 3000. The summed E-state index contributed by atoms with van der Waals surface area (Å²) in [6.45, 7) is 3.32. The quantitative estimate of drug-likeness (QED) is 0.256. The van der Waals surface area contributed by atoms with Crippen LogP contribution in [0.25, 0.3) is 0 Å². The van der Waals surface area contributed by atoms with Crippen LogP contribution in [0, 0.1) is 0 Å². The Hall–Kier alpha value is -9.08. The van der Waals surface area contributed by atoms with Crippen molar-refractivity contribution in [2.75, 3.05) is 27.3 Å². The molecule has 0 radical (unpaired) electrons. The normalized spacial score (nSPS) is 5.37. The first kappa shape index (κ1) is 39.9. The Balaban J connectivity index is 6.10. The predicted molar refractivity (Wildman–Crippen MR) is 186 cm³/mol. The van der Waals surface area contributed by atoms with Gasteiger partial charge in [-0.25, -0.2) is 0 Å². The second-order valence-electron chi connectivity index (χ2n) is 7.94. The standard InChI is InChI=1S/C46H17N2Si/c1-5-6-7-8-9-10-11-12-13-14-15-16-17-18-19-20-21-22-23-24-25-26-27-28-29-30-31-32-33-34-35-36-37-38-39-40-41-42-43-44-46(47-45-49)48(2,3)4/h47H,1,45H2,2-4,49H3/q+1. The number of hydrogen-bond acceptors (Lipinski definition) is 1. The average molecular weight is 626 g/mol. The summed E-state index contributed by atoms with van der Waals surface area (Å²) in [6, 6.07) is 0. The van der Waals surface area contributed by atoms with Crippen LogP contribution < -0.4 is 5.32 Å². The third kappa shape index (κ3) is 31.7. The van der Waals surface area contributed by atoms with E-state index >= 15 is 0 Å². The highest BCUT2D eigenvalue weighted by molar-refractivity contribution is 6.08. The summed E-state index contributed by atoms with van der Waals surface area (Å²) in [4.78, 5) is 0. The van der Waals surface area contributed by atoms with E-state index < -0.39 is 0 Å². The fraction of sp³-hybridized carbons (Fsp3) is 0.0870. The van der Waals surface area contributed by atoms with Crippen LogP contribution in [-0.4, -0.2) is 42.0 Å². The molecule has 0 aromatic rings. The Morgan fingerprint density at radius 2 is 0.551 bits per heavy atom. The van der Waals surface area contributed by atoms with Gasteiger partial charge in [0.2, 0.25) is 0 Å². The molecule has 0 saturated carbocycles. The third-order valence-corrected chi connectivity index (χ3v) is 3.95. The molecule has 0 aromatic heterocycles. The molecule has 0 amide bonds. The second kappa shape index (κ2) is 31.8. The van der Waals surface area contributed by atoms with E-state index in [1.54, 1.807) is 0 Å². The molecule has 0 fully saturated rings. The Kier molecular flexibility index (Phi) is 25.9. The first-order chi connectivity index (χ1) is 24.0. The van der Waals surface area contributed by atoms with Crippen LogP contribution >= 0.6 is 0 Å². The molecule has 214 valence electrons. The molecule has 0 spiro atoms. The molecule has 0 unspecified atom stereocenters. The van der Waals surface area contributed by atoms with Gasteiger partial charge < -0.3 is 5.32 Å². The second-order valence-corrected chi connectivity index (χ2v) is 8.65. The van der Waals surface area contributed by atoms with E-state index in [-0.39, 0.29) is 0 Å². The number of rotatable bonds is 3. The average Bonchev–Trinajstić information content (AvgIpc) is 3.08. The highest BCUT2D eigenvalue weighted by Gasteiger charge is 2.13. The van der Waals surface area contributed by atoms with Crippen molar-refractivity contribution >= 4 is 10.2 Å². The highest BCUT2D eigenvalue weighted by Crippen LogP contribution is 2.00. The number of nitrogens with one attached hydrogen (secondary N) is 1. The van der Waals surface area contributed by atoms with Gasteiger partial charge in [0.05, 0.1) is 21.1 Å². The molecule has 0 aliphatic heterocycles. The molecule has 0 aromatic carbocycles. The molecule has 0 aliphatic rings. The Morgan fingerprint density at radius 3 is 0.714 bits per heavy atom. The van der Waals surface area contributed by atoms with Gasteiger partial charge in [-0.3, -0.25) is 4.48 Å². The van der Waals surface area contributed by atoms with Crippen molar-refractivity contribution in [3.05, 3.63) is 242 Å². The lowest BCUT2D eigenvalue weighted by atomic mass is 10.5. The van der Waals surface area contributed by atoms with E-state index in [2.05, 4.69) is 241 Å². The Morgan fingerprint density at radius 1 is 0.367 bits per heavy atom. The van der Waals surface area contributed by atoms with Crippen molar-refractivity contribution in [3.8, 4) is 0 Å². The molecule has 3 heteroatoms. The van der Waals surface area contributed by atoms with Crippen LogP contribution in [0.15, 0.2) is 242 Å². The van der Waals surface area contributed by atoms with Crippen LogP contribution in [-0.2, 0) is 0 Å². The summed E-state index contributed by atoms with van der Waals surface area (Å²) in [5.41, 5.74) is 101. The minimum Gasteiger partial charge on any atom is -0.338 e. The Labute approximate surface area is 288 Å². The van der Waals surface area contributed by atoms with Gasteiger partial charge in [0.25, 0.3) is 5.82 Å². The van der Waals surface area contributed by atoms with E-state index in [1.807, 2.05) is 21.1 Å². The van der Waals surface area contributed by atoms with Gasteiger partial charge in [0, 0.05) is 148 Å². The zero-order chi connectivity index (χ0) is 35.8. The van der Waals surface area contributed by atoms with E-state index in [9.17, 15) is 0 Å². The van der Waals surface area contributed by atoms with Gasteiger partial charge in [0.1, 0.15) is 0 Å². The summed E-state index contributed by atoms with van der Waals surface area (Å²) in [6.07, 6.45) is 0.924. The van der Waals surface area contributed by atoms with Crippen LogP contribution in [0.2, 0.25) is 0 Å². The SMILES string of the molecule is C=C=C=C=C=C=C=C=C=C=C=C=C=C=C=C=C=C=C=C=C=C=C=C=C=C=C=C=C=C=C=C=C=C=C=C=C=C=C=C=C=C(NC[SiH3])[N+](C)(C)C. The first-order valence-corrected chi connectivity index (χ1v) is 14.6. The lowest BCUT2D eigenvalue weighted by Crippen LogP contribution is -2.40. The monoisotopic (exact) mass is 625 g/mol. The van der Waals surface area contributed by atoms with Gasteiger partial charge >= 0.3 is 0 Å². The number of quaternary nitrogens is 1. The lowest BCUT2D eigenvalue weighted by molar-refractivity contribution is -0.834. The molecule has 1 N–H and O–H groups in total. The first-order valence-electron chi connectivity index (χ1n) is 13.2. The molecule has 0 bridgehead atoms. The van der Waals surface area contributed by atoms with Crippen molar-refractivity contribution in [2.45, 2.75) is 0 Å². The van der Waals surface area contributed by atoms with Crippen LogP contribution in [0.3, 0.4) is 0 Å². The van der Waals surface area contributed by atoms with Crippen LogP contribution in [0.1, 0.15) is 0 Å². The summed E-state index contributed by atoms with van der Waals surface area (Å²) in [7, 11) is 7.15. The molecule has 0 aliphatic carbocycles. The minimum atomic E-state index is 0.602. The fourth-order valence-electron chi connectivity index (χ4n) is 1.88. The van der Waals surface area contributed by atoms with E-state index in [1.165, 1.54) is 0 Å². The molecule has 0 atom stereocenters. The maximum atomic E-state index is 3.32. The third-order valence-electron chi connectivity index (χ3n) is 3.60. The van der Waals surface area contributed by atoms with Crippen molar-refractivity contribution in [2.24, 2.45) is 0 Å². The van der Waals surface area contributed by atoms with Gasteiger partial charge in [0.15, 0.2) is 0 Å². The maximum absolute atomic E-state index is 3.32. The molecular formula is C46H17N2Si+. The molecule has 0 heterocycles. The zero-order valence-corrected chi connectivity index (χ0v) is 28.9. The molecule has 0 saturated heterocycles. The smallest absolute Gasteiger partial charge is 0.254 e. The largest absolute Gasteiger partial charge is 0.338 e. The number of nitrogens with zero attached hydrogens (tertiary/aromatic N) is 1. The van der Waals surface area contributed by atoms with Crippen molar-refractivity contribution in [1.29, 1.82) is 0 Å². The summed E-state index contributed by atoms with van der Waals surface area (Å²) < 4.78 is 0.602. The topological polar surface area (TPSA) is 12.0 Å².